The molecule has 1 aliphatic carbocycles. The van der Waals surface area contributed by atoms with E-state index in [-0.39, 0.29) is 5.41 Å². The zero-order chi connectivity index (χ0) is 12.5. The van der Waals surface area contributed by atoms with Gasteiger partial charge in [0.25, 0.3) is 0 Å². The highest BCUT2D eigenvalue weighted by Crippen LogP contribution is 2.43. The fourth-order valence-corrected chi connectivity index (χ4v) is 2.52. The van der Waals surface area contributed by atoms with Crippen LogP contribution in [0.1, 0.15) is 32.8 Å². The Kier molecular flexibility index (Phi) is 3.43. The van der Waals surface area contributed by atoms with Crippen LogP contribution in [0.4, 0.5) is 0 Å². The summed E-state index contributed by atoms with van der Waals surface area (Å²) in [6.45, 7) is 9.86. The van der Waals surface area contributed by atoms with Crippen molar-refractivity contribution in [3.63, 3.8) is 0 Å². The third kappa shape index (κ3) is 2.32. The summed E-state index contributed by atoms with van der Waals surface area (Å²) >= 11 is 0. The summed E-state index contributed by atoms with van der Waals surface area (Å²) in [5, 5.41) is 3.52. The van der Waals surface area contributed by atoms with Crippen LogP contribution in [0.5, 0.6) is 5.75 Å². The van der Waals surface area contributed by atoms with Crippen LogP contribution < -0.4 is 10.1 Å². The second kappa shape index (κ2) is 4.69. The number of rotatable bonds is 4. The lowest BCUT2D eigenvalue weighted by atomic mass is 9.64. The van der Waals surface area contributed by atoms with Gasteiger partial charge in [-0.05, 0) is 25.1 Å². The van der Waals surface area contributed by atoms with Crippen molar-refractivity contribution >= 4 is 0 Å². The van der Waals surface area contributed by atoms with Crippen LogP contribution in [0.25, 0.3) is 0 Å². The van der Waals surface area contributed by atoms with Gasteiger partial charge in [-0.1, -0.05) is 39.0 Å². The lowest BCUT2D eigenvalue weighted by Crippen LogP contribution is -2.62. The van der Waals surface area contributed by atoms with Crippen LogP contribution in [0.2, 0.25) is 0 Å². The Morgan fingerprint density at radius 2 is 2.06 bits per heavy atom. The molecule has 0 aromatic heterocycles. The number of hydrogen-bond acceptors (Lipinski definition) is 2. The zero-order valence-electron chi connectivity index (χ0n) is 11.3. The minimum absolute atomic E-state index is 0.221. The number of para-hydroxylation sites is 1. The second-order valence-electron chi connectivity index (χ2n) is 5.54. The van der Waals surface area contributed by atoms with Crippen molar-refractivity contribution in [2.75, 3.05) is 6.54 Å². The molecule has 2 unspecified atom stereocenters. The number of benzene rings is 1. The van der Waals surface area contributed by atoms with Gasteiger partial charge in [0.1, 0.15) is 11.9 Å². The summed E-state index contributed by atoms with van der Waals surface area (Å²) in [5.41, 5.74) is 1.44. The second-order valence-corrected chi connectivity index (χ2v) is 5.54. The summed E-state index contributed by atoms with van der Waals surface area (Å²) in [6.07, 6.45) is 1.43. The predicted molar refractivity (Wildman–Crippen MR) is 71.5 cm³/mol. The van der Waals surface area contributed by atoms with E-state index in [0.717, 1.165) is 18.7 Å². The summed E-state index contributed by atoms with van der Waals surface area (Å²) in [4.78, 5) is 0. The molecule has 0 bridgehead atoms. The Morgan fingerprint density at radius 1 is 1.35 bits per heavy atom. The topological polar surface area (TPSA) is 21.3 Å². The van der Waals surface area contributed by atoms with Gasteiger partial charge in [0.2, 0.25) is 0 Å². The Balaban J connectivity index is 2.01. The van der Waals surface area contributed by atoms with Crippen LogP contribution in [-0.2, 0) is 0 Å². The van der Waals surface area contributed by atoms with Crippen LogP contribution in [0.3, 0.4) is 0 Å². The normalized spacial score (nSPS) is 26.4. The average molecular weight is 233 g/mol. The van der Waals surface area contributed by atoms with Gasteiger partial charge in [0, 0.05) is 17.9 Å². The van der Waals surface area contributed by atoms with Crippen molar-refractivity contribution in [3.8, 4) is 5.75 Å². The molecule has 17 heavy (non-hydrogen) atoms. The highest BCUT2D eigenvalue weighted by Gasteiger charge is 2.49. The smallest absolute Gasteiger partial charge is 0.122 e. The maximum atomic E-state index is 6.13. The molecule has 1 aromatic rings. The minimum atomic E-state index is 0.221. The first-order valence-electron chi connectivity index (χ1n) is 6.51. The van der Waals surface area contributed by atoms with Gasteiger partial charge in [0.15, 0.2) is 0 Å². The van der Waals surface area contributed by atoms with Crippen molar-refractivity contribution in [3.05, 3.63) is 29.8 Å². The first-order valence-corrected chi connectivity index (χ1v) is 6.51. The molecule has 0 aliphatic heterocycles. The monoisotopic (exact) mass is 233 g/mol. The summed E-state index contributed by atoms with van der Waals surface area (Å²) in [7, 11) is 0. The summed E-state index contributed by atoms with van der Waals surface area (Å²) in [6, 6.07) is 8.83. The standard InChI is InChI=1S/C15H23NO/c1-5-16-13-10-14(15(13,3)4)17-12-9-7-6-8-11(12)2/h6-9,13-14,16H,5,10H2,1-4H3. The van der Waals surface area contributed by atoms with Gasteiger partial charge in [-0.3, -0.25) is 0 Å². The number of ether oxygens (including phenoxy) is 1. The molecule has 1 N–H and O–H groups in total. The Hall–Kier alpha value is -1.02. The lowest BCUT2D eigenvalue weighted by molar-refractivity contribution is -0.0544. The lowest BCUT2D eigenvalue weighted by Gasteiger charge is -2.51. The van der Waals surface area contributed by atoms with Gasteiger partial charge < -0.3 is 10.1 Å². The molecule has 1 fully saturated rings. The number of nitrogens with one attached hydrogen (secondary N) is 1. The number of aryl methyl sites for hydroxylation is 1. The van der Waals surface area contributed by atoms with Crippen LogP contribution in [0.15, 0.2) is 24.3 Å². The van der Waals surface area contributed by atoms with E-state index >= 15 is 0 Å². The van der Waals surface area contributed by atoms with E-state index in [0.29, 0.717) is 12.1 Å². The average Bonchev–Trinajstić information content (AvgIpc) is 2.30. The molecule has 1 saturated carbocycles. The first-order chi connectivity index (χ1) is 8.05. The molecule has 1 aromatic carbocycles. The predicted octanol–water partition coefficient (Wildman–Crippen LogP) is 3.15. The Bertz CT molecular complexity index is 386. The van der Waals surface area contributed by atoms with E-state index in [9.17, 15) is 0 Å². The third-order valence-electron chi connectivity index (χ3n) is 3.99. The summed E-state index contributed by atoms with van der Waals surface area (Å²) < 4.78 is 6.13. The van der Waals surface area contributed by atoms with Crippen molar-refractivity contribution < 1.29 is 4.74 Å². The van der Waals surface area contributed by atoms with Crippen LogP contribution in [-0.4, -0.2) is 18.7 Å². The molecular weight excluding hydrogens is 210 g/mol. The molecule has 0 amide bonds. The molecule has 0 heterocycles. The van der Waals surface area contributed by atoms with Gasteiger partial charge in [-0.2, -0.15) is 0 Å². The maximum Gasteiger partial charge on any atom is 0.122 e. The fraction of sp³-hybridized carbons (Fsp3) is 0.600. The quantitative estimate of drug-likeness (QED) is 0.862. The first kappa shape index (κ1) is 12.4. The van der Waals surface area contributed by atoms with E-state index in [1.807, 2.05) is 6.07 Å². The molecule has 2 rings (SSSR count). The molecule has 0 radical (unpaired) electrons. The zero-order valence-corrected chi connectivity index (χ0v) is 11.3. The highest BCUT2D eigenvalue weighted by atomic mass is 16.5. The van der Waals surface area contributed by atoms with Gasteiger partial charge in [-0.15, -0.1) is 0 Å². The van der Waals surface area contributed by atoms with Crippen molar-refractivity contribution in [1.29, 1.82) is 0 Å². The fourth-order valence-electron chi connectivity index (χ4n) is 2.52. The molecule has 2 atom stereocenters. The van der Waals surface area contributed by atoms with E-state index in [1.54, 1.807) is 0 Å². The highest BCUT2D eigenvalue weighted by molar-refractivity contribution is 5.32. The molecule has 0 spiro atoms. The van der Waals surface area contributed by atoms with E-state index in [2.05, 4.69) is 51.2 Å². The molecule has 2 heteroatoms. The minimum Gasteiger partial charge on any atom is -0.489 e. The van der Waals surface area contributed by atoms with Crippen molar-refractivity contribution in [2.24, 2.45) is 5.41 Å². The molecule has 1 aliphatic rings. The van der Waals surface area contributed by atoms with Gasteiger partial charge >= 0.3 is 0 Å². The van der Waals surface area contributed by atoms with E-state index in [1.165, 1.54) is 5.56 Å². The van der Waals surface area contributed by atoms with Crippen LogP contribution in [0, 0.1) is 12.3 Å². The molecule has 0 saturated heterocycles. The Morgan fingerprint density at radius 3 is 2.65 bits per heavy atom. The van der Waals surface area contributed by atoms with Crippen LogP contribution >= 0.6 is 0 Å². The maximum absolute atomic E-state index is 6.13. The molecule has 94 valence electrons. The van der Waals surface area contributed by atoms with Crippen molar-refractivity contribution in [1.82, 2.24) is 5.32 Å². The largest absolute Gasteiger partial charge is 0.489 e. The molecule has 2 nitrogen and oxygen atoms in total. The number of hydrogen-bond donors (Lipinski definition) is 1. The van der Waals surface area contributed by atoms with Gasteiger partial charge in [-0.25, -0.2) is 0 Å². The summed E-state index contributed by atoms with van der Waals surface area (Å²) in [5.74, 6) is 1.03. The van der Waals surface area contributed by atoms with E-state index in [4.69, 9.17) is 4.74 Å². The SMILES string of the molecule is CCNC1CC(Oc2ccccc2C)C1(C)C. The third-order valence-corrected chi connectivity index (χ3v) is 3.99. The Labute approximate surface area is 104 Å². The van der Waals surface area contributed by atoms with Crippen molar-refractivity contribution in [2.45, 2.75) is 46.3 Å². The molecular formula is C15H23NO. The van der Waals surface area contributed by atoms with Gasteiger partial charge in [0.05, 0.1) is 0 Å². The van der Waals surface area contributed by atoms with E-state index < -0.39 is 0 Å².